The molecule has 0 saturated heterocycles. The maximum atomic E-state index is 11.9. The van der Waals surface area contributed by atoms with Gasteiger partial charge in [-0.1, -0.05) is 124 Å². The standard InChI is InChI=1S/C38H50N4O6/c43-35(39-41-37(45)47-31-33-25-19-17-20-26-33)29-23-15-13-11-9-7-5-3-1-2-4-6-8-10-12-14-16-24-30-36(44)40-42-38(46)48-32-34-27-21-18-22-28-34/h17-22,25-28H,5-16,23-24,29-32H2,(H,39,43)(H,40,44)(H,41,45)(H,42,46). The van der Waals surface area contributed by atoms with Crippen LogP contribution in [0.15, 0.2) is 60.7 Å². The summed E-state index contributed by atoms with van der Waals surface area (Å²) in [6.07, 6.45) is 13.2. The van der Waals surface area contributed by atoms with Crippen LogP contribution in [0.4, 0.5) is 9.59 Å². The van der Waals surface area contributed by atoms with Gasteiger partial charge < -0.3 is 9.47 Å². The van der Waals surface area contributed by atoms with Crippen molar-refractivity contribution in [2.75, 3.05) is 0 Å². The monoisotopic (exact) mass is 658 g/mol. The van der Waals surface area contributed by atoms with Crippen molar-refractivity contribution in [1.82, 2.24) is 21.7 Å². The molecule has 10 nitrogen and oxygen atoms in total. The Morgan fingerprint density at radius 2 is 0.812 bits per heavy atom. The number of hydrazine groups is 2. The molecule has 4 N–H and O–H groups in total. The van der Waals surface area contributed by atoms with Crippen molar-refractivity contribution in [3.8, 4) is 23.7 Å². The van der Waals surface area contributed by atoms with E-state index in [0.717, 1.165) is 101 Å². The minimum absolute atomic E-state index is 0.148. The summed E-state index contributed by atoms with van der Waals surface area (Å²) in [6.45, 7) is 0.297. The van der Waals surface area contributed by atoms with Gasteiger partial charge in [-0.2, -0.15) is 0 Å². The van der Waals surface area contributed by atoms with Crippen molar-refractivity contribution < 1.29 is 28.7 Å². The quantitative estimate of drug-likeness (QED) is 0.0678. The summed E-state index contributed by atoms with van der Waals surface area (Å²) in [5.74, 6) is 11.7. The molecule has 0 atom stereocenters. The number of amides is 4. The fourth-order valence-electron chi connectivity index (χ4n) is 4.51. The lowest BCUT2D eigenvalue weighted by Crippen LogP contribution is -2.41. The van der Waals surface area contributed by atoms with Crippen LogP contribution in [0.2, 0.25) is 0 Å². The molecule has 0 bridgehead atoms. The van der Waals surface area contributed by atoms with Crippen molar-refractivity contribution in [2.45, 2.75) is 116 Å². The van der Waals surface area contributed by atoms with Gasteiger partial charge in [0, 0.05) is 25.7 Å². The Bertz CT molecular complexity index is 1230. The zero-order chi connectivity index (χ0) is 34.3. The van der Waals surface area contributed by atoms with Crippen LogP contribution in [0.5, 0.6) is 0 Å². The van der Waals surface area contributed by atoms with E-state index in [1.807, 2.05) is 60.7 Å². The van der Waals surface area contributed by atoms with E-state index in [0.29, 0.717) is 12.8 Å². The second kappa shape index (κ2) is 27.2. The van der Waals surface area contributed by atoms with Gasteiger partial charge in [-0.05, 0) is 48.7 Å². The third-order valence-corrected chi connectivity index (χ3v) is 7.18. The molecule has 10 heteroatoms. The molecule has 258 valence electrons. The van der Waals surface area contributed by atoms with Crippen LogP contribution in [-0.4, -0.2) is 24.0 Å². The Labute approximate surface area is 285 Å². The SMILES string of the molecule is O=C(CCCCCCCCC#CC#CCCCCCCCCC(=O)NNC(=O)OCc1ccccc1)NNC(=O)OCc1ccccc1. The molecule has 0 aliphatic rings. The molecule has 0 unspecified atom stereocenters. The highest BCUT2D eigenvalue weighted by Gasteiger charge is 2.07. The molecule has 2 aromatic rings. The highest BCUT2D eigenvalue weighted by Crippen LogP contribution is 2.09. The second-order valence-electron chi connectivity index (χ2n) is 11.3. The third-order valence-electron chi connectivity index (χ3n) is 7.18. The lowest BCUT2D eigenvalue weighted by molar-refractivity contribution is -0.122. The number of nitrogens with one attached hydrogen (secondary N) is 4. The summed E-state index contributed by atoms with van der Waals surface area (Å²) in [7, 11) is 0. The minimum Gasteiger partial charge on any atom is -0.443 e. The summed E-state index contributed by atoms with van der Waals surface area (Å²) in [4.78, 5) is 47.1. The second-order valence-corrected chi connectivity index (χ2v) is 11.3. The maximum Gasteiger partial charge on any atom is 0.426 e. The first-order chi connectivity index (χ1) is 23.5. The zero-order valence-corrected chi connectivity index (χ0v) is 28.0. The summed E-state index contributed by atoms with van der Waals surface area (Å²) >= 11 is 0. The summed E-state index contributed by atoms with van der Waals surface area (Å²) in [5.41, 5.74) is 11.1. The van der Waals surface area contributed by atoms with Gasteiger partial charge >= 0.3 is 12.2 Å². The zero-order valence-electron chi connectivity index (χ0n) is 28.0. The molecule has 0 aliphatic heterocycles. The van der Waals surface area contributed by atoms with Crippen LogP contribution < -0.4 is 21.7 Å². The summed E-state index contributed by atoms with van der Waals surface area (Å²) in [6, 6.07) is 18.7. The Balaban J connectivity index is 1.29. The first-order valence-electron chi connectivity index (χ1n) is 17.0. The molecule has 0 heterocycles. The van der Waals surface area contributed by atoms with E-state index in [4.69, 9.17) is 9.47 Å². The number of ether oxygens (including phenoxy) is 2. The van der Waals surface area contributed by atoms with Crippen LogP contribution >= 0.6 is 0 Å². The number of carbonyl (C=O) groups excluding carboxylic acids is 4. The van der Waals surface area contributed by atoms with Crippen molar-refractivity contribution in [1.29, 1.82) is 0 Å². The van der Waals surface area contributed by atoms with Crippen LogP contribution in [0, 0.1) is 23.7 Å². The van der Waals surface area contributed by atoms with Gasteiger partial charge in [-0.15, -0.1) is 0 Å². The summed E-state index contributed by atoms with van der Waals surface area (Å²) in [5, 5.41) is 0. The molecular weight excluding hydrogens is 608 g/mol. The van der Waals surface area contributed by atoms with E-state index in [9.17, 15) is 19.2 Å². The Hall–Kier alpha value is -4.96. The van der Waals surface area contributed by atoms with E-state index in [-0.39, 0.29) is 25.0 Å². The minimum atomic E-state index is -0.682. The van der Waals surface area contributed by atoms with Gasteiger partial charge in [0.2, 0.25) is 11.8 Å². The highest BCUT2D eigenvalue weighted by molar-refractivity contribution is 5.79. The van der Waals surface area contributed by atoms with Crippen LogP contribution in [0.25, 0.3) is 0 Å². The first kappa shape index (κ1) is 39.2. The largest absolute Gasteiger partial charge is 0.443 e. The molecule has 2 aromatic carbocycles. The number of hydrogen-bond donors (Lipinski definition) is 4. The smallest absolute Gasteiger partial charge is 0.426 e. The predicted octanol–water partition coefficient (Wildman–Crippen LogP) is 7.15. The van der Waals surface area contributed by atoms with E-state index < -0.39 is 12.2 Å². The topological polar surface area (TPSA) is 135 Å². The Morgan fingerprint density at radius 3 is 1.21 bits per heavy atom. The van der Waals surface area contributed by atoms with Crippen molar-refractivity contribution in [2.24, 2.45) is 0 Å². The van der Waals surface area contributed by atoms with Crippen molar-refractivity contribution >= 4 is 24.0 Å². The van der Waals surface area contributed by atoms with Crippen LogP contribution in [0.3, 0.4) is 0 Å². The Kier molecular flexibility index (Phi) is 22.2. The molecule has 48 heavy (non-hydrogen) atoms. The molecule has 0 fully saturated rings. The maximum absolute atomic E-state index is 11.9. The molecule has 0 aromatic heterocycles. The number of hydrogen-bond acceptors (Lipinski definition) is 6. The fourth-order valence-corrected chi connectivity index (χ4v) is 4.51. The van der Waals surface area contributed by atoms with E-state index in [2.05, 4.69) is 45.4 Å². The average molecular weight is 659 g/mol. The Morgan fingerprint density at radius 1 is 0.458 bits per heavy atom. The normalized spacial score (nSPS) is 9.92. The van der Waals surface area contributed by atoms with Crippen LogP contribution in [0.1, 0.15) is 114 Å². The van der Waals surface area contributed by atoms with Gasteiger partial charge in [0.25, 0.3) is 0 Å². The van der Waals surface area contributed by atoms with E-state index in [1.54, 1.807) is 0 Å². The van der Waals surface area contributed by atoms with E-state index >= 15 is 0 Å². The first-order valence-corrected chi connectivity index (χ1v) is 17.0. The number of unbranched alkanes of at least 4 members (excludes halogenated alkanes) is 12. The molecule has 2 rings (SSSR count). The predicted molar refractivity (Wildman–Crippen MR) is 185 cm³/mol. The number of benzene rings is 2. The lowest BCUT2D eigenvalue weighted by atomic mass is 10.1. The van der Waals surface area contributed by atoms with Gasteiger partial charge in [-0.25, -0.2) is 20.4 Å². The van der Waals surface area contributed by atoms with Crippen molar-refractivity contribution in [3.63, 3.8) is 0 Å². The molecule has 0 aliphatic carbocycles. The van der Waals surface area contributed by atoms with Crippen LogP contribution in [-0.2, 0) is 32.3 Å². The fraction of sp³-hybridized carbons (Fsp3) is 0.474. The molecule has 0 radical (unpaired) electrons. The van der Waals surface area contributed by atoms with E-state index in [1.165, 1.54) is 0 Å². The molecular formula is C38H50N4O6. The molecule has 0 spiro atoms. The van der Waals surface area contributed by atoms with Gasteiger partial charge in [0.15, 0.2) is 0 Å². The third kappa shape index (κ3) is 22.5. The van der Waals surface area contributed by atoms with Gasteiger partial charge in [0.1, 0.15) is 13.2 Å². The average Bonchev–Trinajstić information content (AvgIpc) is 3.11. The molecule has 4 amide bonds. The highest BCUT2D eigenvalue weighted by atomic mass is 16.6. The van der Waals surface area contributed by atoms with Gasteiger partial charge in [0.05, 0.1) is 0 Å². The molecule has 0 saturated carbocycles. The van der Waals surface area contributed by atoms with Crippen molar-refractivity contribution in [3.05, 3.63) is 71.8 Å². The number of carbonyl (C=O) groups is 4. The lowest BCUT2D eigenvalue weighted by Gasteiger charge is -2.08. The number of rotatable bonds is 20. The summed E-state index contributed by atoms with van der Waals surface area (Å²) < 4.78 is 10.1. The van der Waals surface area contributed by atoms with Gasteiger partial charge in [-0.3, -0.25) is 20.4 Å².